The van der Waals surface area contributed by atoms with Crippen molar-refractivity contribution in [1.29, 1.82) is 5.26 Å². The number of allylic oxidation sites excluding steroid dienone is 3. The molecule has 0 aliphatic heterocycles. The van der Waals surface area contributed by atoms with Crippen LogP contribution in [-0.2, 0) is 14.3 Å². The van der Waals surface area contributed by atoms with Crippen LogP contribution in [0, 0.1) is 68.0 Å². The van der Waals surface area contributed by atoms with Crippen molar-refractivity contribution >= 4 is 11.8 Å². The van der Waals surface area contributed by atoms with Gasteiger partial charge in [0.1, 0.15) is 6.07 Å². The molecular weight excluding hydrogens is 446 g/mol. The first-order valence-corrected chi connectivity index (χ1v) is 14.2. The molecule has 4 saturated carbocycles. The van der Waals surface area contributed by atoms with Gasteiger partial charge in [-0.15, -0.1) is 0 Å². The summed E-state index contributed by atoms with van der Waals surface area (Å²) in [5.41, 5.74) is 0.685. The minimum atomic E-state index is -0.517. The van der Waals surface area contributed by atoms with Crippen LogP contribution in [0.5, 0.6) is 0 Å². The highest BCUT2D eigenvalue weighted by Gasteiger charge is 2.72. The van der Waals surface area contributed by atoms with Gasteiger partial charge in [0.15, 0.2) is 5.78 Å². The lowest BCUT2D eigenvalue weighted by Gasteiger charge is -2.71. The van der Waals surface area contributed by atoms with Gasteiger partial charge in [0.25, 0.3) is 0 Å². The summed E-state index contributed by atoms with van der Waals surface area (Å²) in [7, 11) is 1.56. The molecule has 0 heterocycles. The number of nitrogens with zero attached hydrogens (tertiary/aromatic N) is 1. The Hall–Kier alpha value is -1.89. The first-order valence-electron chi connectivity index (χ1n) is 14.2. The van der Waals surface area contributed by atoms with Crippen molar-refractivity contribution in [3.05, 3.63) is 23.8 Å². The molecule has 0 radical (unpaired) electrons. The summed E-state index contributed by atoms with van der Waals surface area (Å²) in [6, 6.07) is 2.26. The van der Waals surface area contributed by atoms with Crippen LogP contribution in [0.15, 0.2) is 23.8 Å². The van der Waals surface area contributed by atoms with Crippen LogP contribution in [0.25, 0.3) is 0 Å². The van der Waals surface area contributed by atoms with E-state index >= 15 is 0 Å². The Morgan fingerprint density at radius 3 is 2.31 bits per heavy atom. The van der Waals surface area contributed by atoms with E-state index in [1.165, 1.54) is 5.57 Å². The number of esters is 1. The van der Waals surface area contributed by atoms with Gasteiger partial charge in [-0.05, 0) is 104 Å². The SMILES string of the molecule is C=C(C)[C@@H]1CC[C@]2(C(=O)OC)CC[C@]3(C)C(CC[C@@H]4[C@@]5(C)C=C(C#N)C(=O)C(C)(C)C5CC[C@]43C)C12. The van der Waals surface area contributed by atoms with Gasteiger partial charge in [0, 0.05) is 5.41 Å². The zero-order valence-corrected chi connectivity index (χ0v) is 23.5. The molecule has 4 nitrogen and oxygen atoms in total. The van der Waals surface area contributed by atoms with Gasteiger partial charge in [-0.25, -0.2) is 0 Å². The van der Waals surface area contributed by atoms with Gasteiger partial charge in [0.05, 0.1) is 18.1 Å². The Bertz CT molecular complexity index is 1100. The molecule has 0 spiro atoms. The minimum absolute atomic E-state index is 0.00427. The molecule has 196 valence electrons. The third-order valence-electron chi connectivity index (χ3n) is 13.1. The number of rotatable bonds is 2. The van der Waals surface area contributed by atoms with Crippen LogP contribution in [0.4, 0.5) is 0 Å². The standard InChI is InChI=1S/C32H45NO3/c1-19(2)21-11-14-32(27(35)36-8)16-15-30(6)22(25(21)32)9-10-24-29(5)17-20(18-33)26(34)28(3,4)23(29)12-13-31(24,30)7/h17,21-25H,1,9-16H2,2-8H3/t21-,22?,23?,24+,25?,29-,30+,31+,32-/m0/s1. The van der Waals surface area contributed by atoms with E-state index in [1.807, 2.05) is 0 Å². The van der Waals surface area contributed by atoms with Crippen molar-refractivity contribution < 1.29 is 14.3 Å². The van der Waals surface area contributed by atoms with Crippen molar-refractivity contribution in [2.24, 2.45) is 56.7 Å². The second-order valence-electron chi connectivity index (χ2n) is 14.4. The highest BCUT2D eigenvalue weighted by atomic mass is 16.5. The lowest BCUT2D eigenvalue weighted by molar-refractivity contribution is -0.222. The molecule has 5 rings (SSSR count). The highest BCUT2D eigenvalue weighted by Crippen LogP contribution is 2.77. The summed E-state index contributed by atoms with van der Waals surface area (Å²) in [5.74, 6) is 1.79. The van der Waals surface area contributed by atoms with Gasteiger partial charge >= 0.3 is 5.97 Å². The van der Waals surface area contributed by atoms with E-state index in [0.29, 0.717) is 29.2 Å². The number of methoxy groups -OCH3 is 1. The van der Waals surface area contributed by atoms with Crippen LogP contribution >= 0.6 is 0 Å². The smallest absolute Gasteiger partial charge is 0.312 e. The van der Waals surface area contributed by atoms with Gasteiger partial charge in [-0.2, -0.15) is 5.26 Å². The summed E-state index contributed by atoms with van der Waals surface area (Å²) in [5, 5.41) is 9.89. The average Bonchev–Trinajstić information content (AvgIpc) is 3.22. The van der Waals surface area contributed by atoms with Crippen LogP contribution in [-0.4, -0.2) is 18.9 Å². The second kappa shape index (κ2) is 7.81. The monoisotopic (exact) mass is 491 g/mol. The molecule has 4 fully saturated rings. The molecule has 36 heavy (non-hydrogen) atoms. The number of ketones is 1. The number of carbonyl (C=O) groups is 2. The topological polar surface area (TPSA) is 67.2 Å². The molecule has 0 saturated heterocycles. The summed E-state index contributed by atoms with van der Waals surface area (Å²) >= 11 is 0. The van der Waals surface area contributed by atoms with E-state index in [2.05, 4.69) is 60.3 Å². The Balaban J connectivity index is 1.62. The summed E-state index contributed by atoms with van der Waals surface area (Å²) < 4.78 is 5.47. The van der Waals surface area contributed by atoms with Crippen molar-refractivity contribution in [2.75, 3.05) is 7.11 Å². The lowest BCUT2D eigenvalue weighted by Crippen LogP contribution is -2.66. The number of Topliss-reactive ketones (excluding diaryl/α,β-unsaturated/α-hetero) is 1. The normalized spacial score (nSPS) is 48.9. The molecule has 0 N–H and O–H groups in total. The van der Waals surface area contributed by atoms with Crippen LogP contribution in [0.2, 0.25) is 0 Å². The molecule has 0 aromatic carbocycles. The first kappa shape index (κ1) is 25.7. The van der Waals surface area contributed by atoms with Gasteiger partial charge < -0.3 is 4.74 Å². The predicted octanol–water partition coefficient (Wildman–Crippen LogP) is 7.06. The summed E-state index contributed by atoms with van der Waals surface area (Å²) in [4.78, 5) is 26.6. The third-order valence-corrected chi connectivity index (χ3v) is 13.1. The quantitative estimate of drug-likeness (QED) is 0.306. The van der Waals surface area contributed by atoms with Gasteiger partial charge in [-0.1, -0.05) is 52.8 Å². The largest absolute Gasteiger partial charge is 0.469 e. The molecule has 0 aromatic rings. The van der Waals surface area contributed by atoms with Crippen LogP contribution in [0.1, 0.15) is 92.9 Å². The Kier molecular flexibility index (Phi) is 5.59. The first-order chi connectivity index (χ1) is 16.7. The van der Waals surface area contributed by atoms with Crippen molar-refractivity contribution in [2.45, 2.75) is 92.9 Å². The Morgan fingerprint density at radius 1 is 1.00 bits per heavy atom. The van der Waals surface area contributed by atoms with E-state index in [0.717, 1.165) is 51.4 Å². The van der Waals surface area contributed by atoms with E-state index in [4.69, 9.17) is 4.74 Å². The van der Waals surface area contributed by atoms with Crippen molar-refractivity contribution in [1.82, 2.24) is 0 Å². The Morgan fingerprint density at radius 2 is 1.69 bits per heavy atom. The maximum atomic E-state index is 13.4. The number of ether oxygens (including phenoxy) is 1. The molecule has 4 heteroatoms. The van der Waals surface area contributed by atoms with E-state index < -0.39 is 5.41 Å². The molecule has 0 aromatic heterocycles. The van der Waals surface area contributed by atoms with E-state index in [9.17, 15) is 14.9 Å². The number of nitriles is 1. The maximum absolute atomic E-state index is 13.4. The predicted molar refractivity (Wildman–Crippen MR) is 140 cm³/mol. The van der Waals surface area contributed by atoms with Crippen molar-refractivity contribution in [3.8, 4) is 6.07 Å². The fraction of sp³-hybridized carbons (Fsp3) is 0.781. The third kappa shape index (κ3) is 2.87. The molecule has 0 bridgehead atoms. The van der Waals surface area contributed by atoms with Crippen LogP contribution in [0.3, 0.4) is 0 Å². The zero-order chi connectivity index (χ0) is 26.5. The summed E-state index contributed by atoms with van der Waals surface area (Å²) in [6.45, 7) is 18.1. The molecule has 9 atom stereocenters. The van der Waals surface area contributed by atoms with E-state index in [-0.39, 0.29) is 39.3 Å². The molecular formula is C32H45NO3. The minimum Gasteiger partial charge on any atom is -0.469 e. The number of hydrogen-bond donors (Lipinski definition) is 0. The average molecular weight is 492 g/mol. The molecule has 5 aliphatic carbocycles. The van der Waals surface area contributed by atoms with E-state index in [1.54, 1.807) is 7.11 Å². The number of hydrogen-bond acceptors (Lipinski definition) is 4. The highest BCUT2D eigenvalue weighted by molar-refractivity contribution is 6.04. The fourth-order valence-electron chi connectivity index (χ4n) is 11.3. The van der Waals surface area contributed by atoms with Gasteiger partial charge in [0.2, 0.25) is 0 Å². The van der Waals surface area contributed by atoms with Crippen molar-refractivity contribution in [3.63, 3.8) is 0 Å². The molecule has 0 amide bonds. The Labute approximate surface area is 217 Å². The lowest BCUT2D eigenvalue weighted by atomic mass is 9.32. The fourth-order valence-corrected chi connectivity index (χ4v) is 11.3. The molecule has 3 unspecified atom stereocenters. The zero-order valence-electron chi connectivity index (χ0n) is 23.5. The second-order valence-corrected chi connectivity index (χ2v) is 14.4. The summed E-state index contributed by atoms with van der Waals surface area (Å²) in [6.07, 6.45) is 10.3. The number of carbonyl (C=O) groups excluding carboxylic acids is 2. The van der Waals surface area contributed by atoms with Gasteiger partial charge in [-0.3, -0.25) is 9.59 Å². The maximum Gasteiger partial charge on any atom is 0.312 e. The molecule has 5 aliphatic rings. The number of fused-ring (bicyclic) bond motifs is 7. The van der Waals surface area contributed by atoms with Crippen LogP contribution < -0.4 is 0 Å².